The fraction of sp³-hybridized carbons (Fsp3) is 0.235. The molecule has 0 aliphatic heterocycles. The molecule has 2 rings (SSSR count). The van der Waals surface area contributed by atoms with Gasteiger partial charge in [-0.1, -0.05) is 42.5 Å². The molecule has 2 aromatic carbocycles. The van der Waals surface area contributed by atoms with Gasteiger partial charge in [0.1, 0.15) is 0 Å². The molecule has 0 aliphatic carbocycles. The van der Waals surface area contributed by atoms with Crippen LogP contribution in [0.5, 0.6) is 0 Å². The fourth-order valence-electron chi connectivity index (χ4n) is 2.13. The van der Waals surface area contributed by atoms with E-state index >= 15 is 0 Å². The number of hydrogen-bond acceptors (Lipinski definition) is 3. The van der Waals surface area contributed by atoms with Crippen LogP contribution < -0.4 is 5.73 Å². The van der Waals surface area contributed by atoms with Crippen molar-refractivity contribution in [2.24, 2.45) is 0 Å². The van der Waals surface area contributed by atoms with Gasteiger partial charge in [-0.2, -0.15) is 0 Å². The third kappa shape index (κ3) is 3.60. The molecule has 20 heavy (non-hydrogen) atoms. The van der Waals surface area contributed by atoms with E-state index in [0.717, 1.165) is 22.4 Å². The third-order valence-corrected chi connectivity index (χ3v) is 3.12. The first-order valence-corrected chi connectivity index (χ1v) is 6.80. The highest BCUT2D eigenvalue weighted by atomic mass is 16.5. The van der Waals surface area contributed by atoms with Gasteiger partial charge >= 0.3 is 5.97 Å². The standard InChI is InChI=1S/C17H19NO2/c1-2-20-17(19)11-9-13-8-10-15(16(18)12-13)14-6-4-3-5-7-14/h3-8,10,12H,2,9,11,18H2,1H3. The van der Waals surface area contributed by atoms with Crippen LogP contribution in [0.15, 0.2) is 48.5 Å². The largest absolute Gasteiger partial charge is 0.466 e. The van der Waals surface area contributed by atoms with Crippen molar-refractivity contribution < 1.29 is 9.53 Å². The van der Waals surface area contributed by atoms with E-state index in [2.05, 4.69) is 0 Å². The monoisotopic (exact) mass is 269 g/mol. The van der Waals surface area contributed by atoms with Gasteiger partial charge in [0.05, 0.1) is 6.61 Å². The Hall–Kier alpha value is -2.29. The summed E-state index contributed by atoms with van der Waals surface area (Å²) in [5, 5.41) is 0. The first-order valence-electron chi connectivity index (χ1n) is 6.80. The number of esters is 1. The van der Waals surface area contributed by atoms with Crippen LogP contribution in [0.25, 0.3) is 11.1 Å². The summed E-state index contributed by atoms with van der Waals surface area (Å²) in [4.78, 5) is 11.3. The number of nitrogens with two attached hydrogens (primary N) is 1. The number of anilines is 1. The van der Waals surface area contributed by atoms with Gasteiger partial charge in [-0.3, -0.25) is 4.79 Å². The van der Waals surface area contributed by atoms with Crippen LogP contribution in [0, 0.1) is 0 Å². The highest BCUT2D eigenvalue weighted by Crippen LogP contribution is 2.26. The maximum atomic E-state index is 11.3. The molecule has 104 valence electrons. The van der Waals surface area contributed by atoms with E-state index in [0.29, 0.717) is 19.4 Å². The van der Waals surface area contributed by atoms with Crippen LogP contribution in [0.3, 0.4) is 0 Å². The number of nitrogen functional groups attached to an aromatic ring is 1. The van der Waals surface area contributed by atoms with Crippen molar-refractivity contribution in [3.8, 4) is 11.1 Å². The Morgan fingerprint density at radius 3 is 2.55 bits per heavy atom. The molecule has 0 bridgehead atoms. The minimum atomic E-state index is -0.168. The second-order valence-electron chi connectivity index (χ2n) is 4.59. The molecule has 0 aromatic heterocycles. The van der Waals surface area contributed by atoms with Crippen LogP contribution in [-0.2, 0) is 16.0 Å². The molecule has 0 unspecified atom stereocenters. The lowest BCUT2D eigenvalue weighted by Crippen LogP contribution is -2.05. The maximum absolute atomic E-state index is 11.3. The molecule has 0 fully saturated rings. The Morgan fingerprint density at radius 1 is 1.15 bits per heavy atom. The van der Waals surface area contributed by atoms with Crippen molar-refractivity contribution in [1.82, 2.24) is 0 Å². The summed E-state index contributed by atoms with van der Waals surface area (Å²) in [6.07, 6.45) is 1.04. The van der Waals surface area contributed by atoms with Crippen LogP contribution in [0.1, 0.15) is 18.9 Å². The zero-order valence-corrected chi connectivity index (χ0v) is 11.6. The molecule has 0 amide bonds. The van der Waals surface area contributed by atoms with Crippen LogP contribution in [-0.4, -0.2) is 12.6 Å². The summed E-state index contributed by atoms with van der Waals surface area (Å²) in [6, 6.07) is 16.0. The average Bonchev–Trinajstić information content (AvgIpc) is 2.46. The van der Waals surface area contributed by atoms with Gasteiger partial charge in [0.15, 0.2) is 0 Å². The zero-order valence-electron chi connectivity index (χ0n) is 11.6. The molecule has 2 aromatic rings. The second kappa shape index (κ2) is 6.75. The summed E-state index contributed by atoms with van der Waals surface area (Å²) in [6.45, 7) is 2.23. The van der Waals surface area contributed by atoms with E-state index in [4.69, 9.17) is 10.5 Å². The Morgan fingerprint density at radius 2 is 1.90 bits per heavy atom. The van der Waals surface area contributed by atoms with Crippen molar-refractivity contribution in [3.05, 3.63) is 54.1 Å². The number of benzene rings is 2. The molecule has 3 nitrogen and oxygen atoms in total. The topological polar surface area (TPSA) is 52.3 Å². The van der Waals surface area contributed by atoms with Crippen molar-refractivity contribution in [3.63, 3.8) is 0 Å². The minimum absolute atomic E-state index is 0.168. The van der Waals surface area contributed by atoms with Crippen molar-refractivity contribution in [2.45, 2.75) is 19.8 Å². The van der Waals surface area contributed by atoms with Gasteiger partial charge in [0, 0.05) is 17.7 Å². The number of carbonyl (C=O) groups is 1. The lowest BCUT2D eigenvalue weighted by atomic mass is 10.00. The van der Waals surface area contributed by atoms with Crippen molar-refractivity contribution >= 4 is 11.7 Å². The van der Waals surface area contributed by atoms with E-state index in [-0.39, 0.29) is 5.97 Å². The summed E-state index contributed by atoms with van der Waals surface area (Å²) >= 11 is 0. The van der Waals surface area contributed by atoms with Crippen LogP contribution >= 0.6 is 0 Å². The smallest absolute Gasteiger partial charge is 0.306 e. The number of hydrogen-bond donors (Lipinski definition) is 1. The molecule has 0 radical (unpaired) electrons. The van der Waals surface area contributed by atoms with E-state index in [9.17, 15) is 4.79 Å². The summed E-state index contributed by atoms with van der Waals surface area (Å²) in [5.41, 5.74) is 10.0. The van der Waals surface area contributed by atoms with E-state index < -0.39 is 0 Å². The predicted octanol–water partition coefficient (Wildman–Crippen LogP) is 3.43. The number of carbonyl (C=O) groups excluding carboxylic acids is 1. The molecular weight excluding hydrogens is 250 g/mol. The SMILES string of the molecule is CCOC(=O)CCc1ccc(-c2ccccc2)c(N)c1. The second-order valence-corrected chi connectivity index (χ2v) is 4.59. The molecule has 0 saturated heterocycles. The van der Waals surface area contributed by atoms with E-state index in [1.54, 1.807) is 0 Å². The van der Waals surface area contributed by atoms with Crippen LogP contribution in [0.4, 0.5) is 5.69 Å². The van der Waals surface area contributed by atoms with Gasteiger partial charge in [-0.05, 0) is 30.5 Å². The van der Waals surface area contributed by atoms with Gasteiger partial charge in [0.25, 0.3) is 0 Å². The minimum Gasteiger partial charge on any atom is -0.466 e. The molecule has 0 atom stereocenters. The number of rotatable bonds is 5. The highest BCUT2D eigenvalue weighted by Gasteiger charge is 2.06. The molecule has 0 heterocycles. The summed E-state index contributed by atoms with van der Waals surface area (Å²) in [5.74, 6) is -0.168. The normalized spacial score (nSPS) is 10.2. The first kappa shape index (κ1) is 14.1. The highest BCUT2D eigenvalue weighted by molar-refractivity contribution is 5.77. The lowest BCUT2D eigenvalue weighted by molar-refractivity contribution is -0.143. The Bertz CT molecular complexity index is 579. The van der Waals surface area contributed by atoms with Gasteiger partial charge in [-0.15, -0.1) is 0 Å². The summed E-state index contributed by atoms with van der Waals surface area (Å²) in [7, 11) is 0. The van der Waals surface area contributed by atoms with Gasteiger partial charge < -0.3 is 10.5 Å². The first-order chi connectivity index (χ1) is 9.70. The van der Waals surface area contributed by atoms with Crippen molar-refractivity contribution in [1.29, 1.82) is 0 Å². The van der Waals surface area contributed by atoms with Crippen molar-refractivity contribution in [2.75, 3.05) is 12.3 Å². The number of ether oxygens (including phenoxy) is 1. The molecular formula is C17H19NO2. The fourth-order valence-corrected chi connectivity index (χ4v) is 2.13. The van der Waals surface area contributed by atoms with Crippen LogP contribution in [0.2, 0.25) is 0 Å². The zero-order chi connectivity index (χ0) is 14.4. The number of aryl methyl sites for hydroxylation is 1. The molecule has 0 spiro atoms. The third-order valence-electron chi connectivity index (χ3n) is 3.12. The Labute approximate surface area is 119 Å². The van der Waals surface area contributed by atoms with Gasteiger partial charge in [-0.25, -0.2) is 0 Å². The summed E-state index contributed by atoms with van der Waals surface area (Å²) < 4.78 is 4.92. The van der Waals surface area contributed by atoms with E-state index in [1.165, 1.54) is 0 Å². The lowest BCUT2D eigenvalue weighted by Gasteiger charge is -2.08. The Kier molecular flexibility index (Phi) is 4.77. The van der Waals surface area contributed by atoms with E-state index in [1.807, 2.05) is 55.5 Å². The predicted molar refractivity (Wildman–Crippen MR) is 81.2 cm³/mol. The average molecular weight is 269 g/mol. The molecule has 0 saturated carbocycles. The molecule has 3 heteroatoms. The quantitative estimate of drug-likeness (QED) is 0.668. The maximum Gasteiger partial charge on any atom is 0.306 e. The Balaban J connectivity index is 2.08. The van der Waals surface area contributed by atoms with Gasteiger partial charge in [0.2, 0.25) is 0 Å². The molecule has 2 N–H and O–H groups in total. The molecule has 0 aliphatic rings.